The summed E-state index contributed by atoms with van der Waals surface area (Å²) in [6, 6.07) is 56.5. The van der Waals surface area contributed by atoms with Gasteiger partial charge in [-0.1, -0.05) is 109 Å². The van der Waals surface area contributed by atoms with Gasteiger partial charge in [-0.3, -0.25) is 15.0 Å². The smallest absolute Gasteiger partial charge is 0.160 e. The SMILES string of the molecule is c1ccc(-c2ccc3nc(-c4cc(-c5ccc(-c6cccnc6)cc5)cc(-c5ccc(-c6ccccn6)nc5)c4)nc(-c4ccccc4)c3c2)cc1. The zero-order valence-corrected chi connectivity index (χ0v) is 28.1. The van der Waals surface area contributed by atoms with Crippen LogP contribution in [0.3, 0.4) is 0 Å². The van der Waals surface area contributed by atoms with Gasteiger partial charge in [0.1, 0.15) is 0 Å². The van der Waals surface area contributed by atoms with Crippen LogP contribution in [0.5, 0.6) is 0 Å². The van der Waals surface area contributed by atoms with E-state index in [2.05, 4.69) is 131 Å². The van der Waals surface area contributed by atoms with E-state index in [1.165, 1.54) is 0 Å². The number of rotatable bonds is 7. The van der Waals surface area contributed by atoms with Crippen molar-refractivity contribution in [3.63, 3.8) is 0 Å². The lowest BCUT2D eigenvalue weighted by Gasteiger charge is -2.14. The summed E-state index contributed by atoms with van der Waals surface area (Å²) in [5.74, 6) is 0.659. The molecular formula is C47H31N5. The molecule has 0 saturated carbocycles. The van der Waals surface area contributed by atoms with E-state index < -0.39 is 0 Å². The maximum atomic E-state index is 5.31. The molecule has 0 spiro atoms. The minimum absolute atomic E-state index is 0.659. The molecule has 0 bridgehead atoms. The summed E-state index contributed by atoms with van der Waals surface area (Å²) in [5, 5.41) is 1.01. The first-order chi connectivity index (χ1) is 25.7. The van der Waals surface area contributed by atoms with Crippen LogP contribution in [0.2, 0.25) is 0 Å². The van der Waals surface area contributed by atoms with Crippen LogP contribution in [0, 0.1) is 0 Å². The first kappa shape index (κ1) is 30.9. The fourth-order valence-corrected chi connectivity index (χ4v) is 6.59. The average molecular weight is 666 g/mol. The van der Waals surface area contributed by atoms with E-state index in [1.54, 1.807) is 12.4 Å². The van der Waals surface area contributed by atoms with Crippen molar-refractivity contribution in [1.29, 1.82) is 0 Å². The Morgan fingerprint density at radius 2 is 0.923 bits per heavy atom. The van der Waals surface area contributed by atoms with Gasteiger partial charge in [-0.15, -0.1) is 0 Å². The van der Waals surface area contributed by atoms with Crippen molar-refractivity contribution in [2.75, 3.05) is 0 Å². The molecule has 0 N–H and O–H groups in total. The molecule has 0 radical (unpaired) electrons. The molecule has 0 amide bonds. The number of aromatic nitrogens is 5. The van der Waals surface area contributed by atoms with E-state index in [-0.39, 0.29) is 0 Å². The number of fused-ring (bicyclic) bond motifs is 1. The first-order valence-corrected chi connectivity index (χ1v) is 17.2. The Balaban J connectivity index is 1.20. The van der Waals surface area contributed by atoms with E-state index in [0.717, 1.165) is 83.6 Å². The Morgan fingerprint density at radius 1 is 0.327 bits per heavy atom. The molecule has 4 heterocycles. The first-order valence-electron chi connectivity index (χ1n) is 17.2. The van der Waals surface area contributed by atoms with Crippen LogP contribution in [-0.4, -0.2) is 24.9 Å². The average Bonchev–Trinajstić information content (AvgIpc) is 3.24. The largest absolute Gasteiger partial charge is 0.264 e. The maximum absolute atomic E-state index is 5.31. The van der Waals surface area contributed by atoms with Gasteiger partial charge in [0.05, 0.1) is 22.6 Å². The molecule has 244 valence electrons. The van der Waals surface area contributed by atoms with E-state index in [0.29, 0.717) is 5.82 Å². The predicted molar refractivity (Wildman–Crippen MR) is 211 cm³/mol. The monoisotopic (exact) mass is 665 g/mol. The summed E-state index contributed by atoms with van der Waals surface area (Å²) in [5.41, 5.74) is 14.0. The summed E-state index contributed by atoms with van der Waals surface area (Å²) in [6.45, 7) is 0. The topological polar surface area (TPSA) is 64.5 Å². The standard InChI is InChI=1S/C47H31N5/c1-3-10-32(11-4-1)36-20-22-43-42(29-36)46(35-12-5-2-6-13-35)52-47(51-43)41-27-39(34-18-16-33(17-19-34)37-14-9-24-48-30-37)26-40(28-41)38-21-23-45(50-31-38)44-15-7-8-25-49-44/h1-31H. The van der Waals surface area contributed by atoms with Crippen LogP contribution in [0.15, 0.2) is 189 Å². The summed E-state index contributed by atoms with van der Waals surface area (Å²) in [6.07, 6.45) is 7.39. The van der Waals surface area contributed by atoms with Gasteiger partial charge in [0.25, 0.3) is 0 Å². The lowest BCUT2D eigenvalue weighted by Crippen LogP contribution is -1.97. The molecule has 9 rings (SSSR count). The van der Waals surface area contributed by atoms with Crippen LogP contribution in [0.4, 0.5) is 0 Å². The van der Waals surface area contributed by atoms with Gasteiger partial charge in [-0.05, 0) is 93.5 Å². The second kappa shape index (κ2) is 13.7. The Morgan fingerprint density at radius 3 is 1.62 bits per heavy atom. The van der Waals surface area contributed by atoms with Crippen LogP contribution < -0.4 is 0 Å². The van der Waals surface area contributed by atoms with Crippen molar-refractivity contribution in [2.24, 2.45) is 0 Å². The molecule has 5 nitrogen and oxygen atoms in total. The molecule has 0 aliphatic heterocycles. The fraction of sp³-hybridized carbons (Fsp3) is 0. The number of pyridine rings is 3. The van der Waals surface area contributed by atoms with Crippen LogP contribution in [0.25, 0.3) is 89.4 Å². The number of nitrogens with zero attached hydrogens (tertiary/aromatic N) is 5. The van der Waals surface area contributed by atoms with Crippen LogP contribution in [0.1, 0.15) is 0 Å². The lowest BCUT2D eigenvalue weighted by molar-refractivity contribution is 1.23. The van der Waals surface area contributed by atoms with Gasteiger partial charge in [-0.2, -0.15) is 0 Å². The molecule has 0 fully saturated rings. The van der Waals surface area contributed by atoms with E-state index in [4.69, 9.17) is 15.0 Å². The van der Waals surface area contributed by atoms with E-state index in [9.17, 15) is 0 Å². The molecule has 0 aliphatic rings. The Kier molecular flexibility index (Phi) is 8.12. The highest BCUT2D eigenvalue weighted by molar-refractivity contribution is 5.96. The van der Waals surface area contributed by atoms with Gasteiger partial charge >= 0.3 is 0 Å². The van der Waals surface area contributed by atoms with E-state index >= 15 is 0 Å². The minimum Gasteiger partial charge on any atom is -0.264 e. The van der Waals surface area contributed by atoms with Crippen molar-refractivity contribution in [1.82, 2.24) is 24.9 Å². The molecule has 4 aromatic heterocycles. The molecule has 0 atom stereocenters. The summed E-state index contributed by atoms with van der Waals surface area (Å²) in [4.78, 5) is 24.1. The summed E-state index contributed by atoms with van der Waals surface area (Å²) in [7, 11) is 0. The third-order valence-electron chi connectivity index (χ3n) is 9.28. The molecule has 0 unspecified atom stereocenters. The zero-order chi connectivity index (χ0) is 34.7. The minimum atomic E-state index is 0.659. The van der Waals surface area contributed by atoms with Crippen molar-refractivity contribution >= 4 is 10.9 Å². The highest BCUT2D eigenvalue weighted by Crippen LogP contribution is 2.36. The van der Waals surface area contributed by atoms with Gasteiger partial charge in [-0.25, -0.2) is 9.97 Å². The second-order valence-electron chi connectivity index (χ2n) is 12.6. The third kappa shape index (κ3) is 6.23. The number of hydrogen-bond donors (Lipinski definition) is 0. The van der Waals surface area contributed by atoms with Crippen LogP contribution >= 0.6 is 0 Å². The molecule has 52 heavy (non-hydrogen) atoms. The summed E-state index contributed by atoms with van der Waals surface area (Å²) >= 11 is 0. The summed E-state index contributed by atoms with van der Waals surface area (Å²) < 4.78 is 0. The van der Waals surface area contributed by atoms with Gasteiger partial charge in [0.15, 0.2) is 5.82 Å². The van der Waals surface area contributed by atoms with Crippen LogP contribution in [-0.2, 0) is 0 Å². The Hall–Kier alpha value is -7.11. The molecular weight excluding hydrogens is 635 g/mol. The molecule has 9 aromatic rings. The maximum Gasteiger partial charge on any atom is 0.160 e. The van der Waals surface area contributed by atoms with Gasteiger partial charge < -0.3 is 0 Å². The normalized spacial score (nSPS) is 11.1. The molecule has 5 heteroatoms. The van der Waals surface area contributed by atoms with Crippen molar-refractivity contribution in [3.05, 3.63) is 189 Å². The molecule has 0 saturated heterocycles. The van der Waals surface area contributed by atoms with Gasteiger partial charge in [0.2, 0.25) is 0 Å². The zero-order valence-electron chi connectivity index (χ0n) is 28.1. The van der Waals surface area contributed by atoms with Gasteiger partial charge in [0, 0.05) is 46.9 Å². The fourth-order valence-electron chi connectivity index (χ4n) is 6.59. The Bertz CT molecular complexity index is 2530. The quantitative estimate of drug-likeness (QED) is 0.169. The number of benzene rings is 5. The lowest BCUT2D eigenvalue weighted by atomic mass is 9.94. The molecule has 5 aromatic carbocycles. The highest BCUT2D eigenvalue weighted by atomic mass is 14.9. The van der Waals surface area contributed by atoms with Crippen molar-refractivity contribution in [3.8, 4) is 78.5 Å². The van der Waals surface area contributed by atoms with Crippen molar-refractivity contribution in [2.45, 2.75) is 0 Å². The highest BCUT2D eigenvalue weighted by Gasteiger charge is 2.16. The van der Waals surface area contributed by atoms with E-state index in [1.807, 2.05) is 54.9 Å². The Labute approximate surface area is 302 Å². The predicted octanol–water partition coefficient (Wildman–Crippen LogP) is 11.5. The second-order valence-corrected chi connectivity index (χ2v) is 12.6. The third-order valence-corrected chi connectivity index (χ3v) is 9.28. The molecule has 0 aliphatic carbocycles. The van der Waals surface area contributed by atoms with Crippen molar-refractivity contribution < 1.29 is 0 Å². The number of hydrogen-bond acceptors (Lipinski definition) is 5.